The van der Waals surface area contributed by atoms with Crippen LogP contribution in [0.5, 0.6) is 0 Å². The maximum atomic E-state index is 12.7. The molecule has 4 atom stereocenters. The molecule has 0 bridgehead atoms. The second-order valence-corrected chi connectivity index (χ2v) is 9.79. The molecule has 1 fully saturated rings. The highest BCUT2D eigenvalue weighted by atomic mass is 35.5. The molecule has 37 heavy (non-hydrogen) atoms. The topological polar surface area (TPSA) is 130 Å². The summed E-state index contributed by atoms with van der Waals surface area (Å²) in [6.45, 7) is 5.69. The molecule has 0 aliphatic carbocycles. The van der Waals surface area contributed by atoms with E-state index in [2.05, 4.69) is 24.0 Å². The summed E-state index contributed by atoms with van der Waals surface area (Å²) in [6.07, 6.45) is 4.00. The highest BCUT2D eigenvalue weighted by molar-refractivity contribution is 5.85. The third-order valence-electron chi connectivity index (χ3n) is 6.64. The van der Waals surface area contributed by atoms with Crippen molar-refractivity contribution in [1.82, 2.24) is 9.55 Å². The highest BCUT2D eigenvalue weighted by Crippen LogP contribution is 2.31. The van der Waals surface area contributed by atoms with E-state index in [4.69, 9.17) is 19.6 Å². The normalized spacial score (nSPS) is 20.2. The van der Waals surface area contributed by atoms with Gasteiger partial charge in [-0.2, -0.15) is 4.98 Å². The minimum atomic E-state index is -0.906. The Hall–Kier alpha value is -2.72. The van der Waals surface area contributed by atoms with Crippen LogP contribution in [0.15, 0.2) is 45.7 Å². The molecule has 0 radical (unpaired) electrons. The first-order valence-corrected chi connectivity index (χ1v) is 12.6. The molecule has 1 aliphatic heterocycles. The standard InChI is InChI=1S/C27H35N3O6.ClH/c1-4-5-6-7-17-8-10-18(11-9-17)21-12-19-14-30(27(33)29-25(19)36-21)23-13-20(31)22(35-23)15-34-26(32)24(28)16(2)3;/h8-12,14,16,20,22-24,31H,4-7,13,15,28H2,1-3H3;1H/t20-,22+,23+,24-;/m0./s1. The molecule has 10 heteroatoms. The number of hydrogen-bond acceptors (Lipinski definition) is 8. The molecule has 1 saturated heterocycles. The predicted octanol–water partition coefficient (Wildman–Crippen LogP) is 3.99. The molecule has 3 N–H and O–H groups in total. The van der Waals surface area contributed by atoms with Crippen LogP contribution in [0.3, 0.4) is 0 Å². The second-order valence-electron chi connectivity index (χ2n) is 9.79. The number of nitrogens with zero attached hydrogens (tertiary/aromatic N) is 2. The molecule has 1 aromatic carbocycles. The van der Waals surface area contributed by atoms with E-state index >= 15 is 0 Å². The Balaban J connectivity index is 0.00000380. The van der Waals surface area contributed by atoms with Gasteiger partial charge in [0.1, 0.15) is 30.7 Å². The van der Waals surface area contributed by atoms with Crippen LogP contribution in [-0.2, 0) is 20.7 Å². The molecular formula is C27H36ClN3O6. The van der Waals surface area contributed by atoms with Crippen molar-refractivity contribution < 1.29 is 23.8 Å². The minimum Gasteiger partial charge on any atom is -0.462 e. The zero-order valence-electron chi connectivity index (χ0n) is 21.5. The molecule has 0 amide bonds. The van der Waals surface area contributed by atoms with Crippen LogP contribution in [0.4, 0.5) is 0 Å². The van der Waals surface area contributed by atoms with Crippen molar-refractivity contribution in [3.8, 4) is 11.3 Å². The van der Waals surface area contributed by atoms with Gasteiger partial charge in [0.2, 0.25) is 5.71 Å². The molecule has 0 saturated carbocycles. The first-order chi connectivity index (χ1) is 17.3. The summed E-state index contributed by atoms with van der Waals surface area (Å²) in [6, 6.07) is 9.31. The van der Waals surface area contributed by atoms with Gasteiger partial charge >= 0.3 is 11.7 Å². The number of unbranched alkanes of at least 4 members (excludes halogenated alkanes) is 2. The number of halogens is 1. The van der Waals surface area contributed by atoms with Gasteiger partial charge in [-0.25, -0.2) is 4.79 Å². The third kappa shape index (κ3) is 6.78. The number of aromatic nitrogens is 2. The molecule has 1 aliphatic rings. The lowest BCUT2D eigenvalue weighted by Gasteiger charge is -2.18. The van der Waals surface area contributed by atoms with Crippen molar-refractivity contribution in [2.45, 2.75) is 77.4 Å². The van der Waals surface area contributed by atoms with Gasteiger partial charge in [-0.1, -0.05) is 57.9 Å². The number of rotatable bonds is 10. The third-order valence-corrected chi connectivity index (χ3v) is 6.64. The summed E-state index contributed by atoms with van der Waals surface area (Å²) in [5.41, 5.74) is 7.68. The van der Waals surface area contributed by atoms with Crippen molar-refractivity contribution in [3.63, 3.8) is 0 Å². The van der Waals surface area contributed by atoms with Crippen LogP contribution in [-0.4, -0.2) is 45.5 Å². The molecule has 202 valence electrons. The van der Waals surface area contributed by atoms with Crippen LogP contribution in [0.1, 0.15) is 58.2 Å². The van der Waals surface area contributed by atoms with Crippen LogP contribution >= 0.6 is 12.4 Å². The molecule has 9 nitrogen and oxygen atoms in total. The van der Waals surface area contributed by atoms with Crippen molar-refractivity contribution in [3.05, 3.63) is 52.6 Å². The van der Waals surface area contributed by atoms with E-state index in [1.54, 1.807) is 6.20 Å². The van der Waals surface area contributed by atoms with Crippen molar-refractivity contribution in [1.29, 1.82) is 0 Å². The lowest BCUT2D eigenvalue weighted by molar-refractivity contribution is -0.152. The van der Waals surface area contributed by atoms with E-state index in [9.17, 15) is 14.7 Å². The highest BCUT2D eigenvalue weighted by Gasteiger charge is 2.37. The number of aliphatic hydroxyl groups excluding tert-OH is 1. The number of carbonyl (C=O) groups is 1. The summed E-state index contributed by atoms with van der Waals surface area (Å²) in [7, 11) is 0. The van der Waals surface area contributed by atoms with E-state index in [1.807, 2.05) is 32.0 Å². The number of nitrogens with two attached hydrogens (primary N) is 1. The van der Waals surface area contributed by atoms with E-state index < -0.39 is 36.1 Å². The van der Waals surface area contributed by atoms with E-state index in [0.717, 1.165) is 12.0 Å². The van der Waals surface area contributed by atoms with Crippen LogP contribution < -0.4 is 11.4 Å². The van der Waals surface area contributed by atoms with Crippen LogP contribution in [0, 0.1) is 5.92 Å². The lowest BCUT2D eigenvalue weighted by atomic mass is 10.0. The van der Waals surface area contributed by atoms with Crippen LogP contribution in [0.2, 0.25) is 0 Å². The average molecular weight is 534 g/mol. The number of benzene rings is 1. The summed E-state index contributed by atoms with van der Waals surface area (Å²) >= 11 is 0. The maximum absolute atomic E-state index is 12.7. The van der Waals surface area contributed by atoms with E-state index in [1.165, 1.54) is 29.4 Å². The Labute approximate surface area is 222 Å². The summed E-state index contributed by atoms with van der Waals surface area (Å²) < 4.78 is 18.3. The predicted molar refractivity (Wildman–Crippen MR) is 142 cm³/mol. The summed E-state index contributed by atoms with van der Waals surface area (Å²) in [4.78, 5) is 28.8. The number of aryl methyl sites for hydroxylation is 1. The van der Waals surface area contributed by atoms with Gasteiger partial charge in [-0.05, 0) is 30.4 Å². The lowest BCUT2D eigenvalue weighted by Crippen LogP contribution is -2.39. The zero-order valence-corrected chi connectivity index (χ0v) is 22.3. The maximum Gasteiger partial charge on any atom is 0.353 e. The quantitative estimate of drug-likeness (QED) is 0.295. The first kappa shape index (κ1) is 28.8. The van der Waals surface area contributed by atoms with E-state index in [-0.39, 0.29) is 37.1 Å². The molecule has 2 aromatic heterocycles. The van der Waals surface area contributed by atoms with Gasteiger partial charge in [0.25, 0.3) is 0 Å². The smallest absolute Gasteiger partial charge is 0.353 e. The fourth-order valence-electron chi connectivity index (χ4n) is 4.26. The van der Waals surface area contributed by atoms with Gasteiger partial charge in [-0.15, -0.1) is 12.4 Å². The number of hydrogen-bond donors (Lipinski definition) is 2. The molecule has 3 heterocycles. The molecular weight excluding hydrogens is 498 g/mol. The second kappa shape index (κ2) is 12.7. The zero-order chi connectivity index (χ0) is 25.8. The Morgan fingerprint density at radius 3 is 2.68 bits per heavy atom. The van der Waals surface area contributed by atoms with Gasteiger partial charge in [-0.3, -0.25) is 9.36 Å². The number of furan rings is 1. The average Bonchev–Trinajstić information content (AvgIpc) is 3.44. The summed E-state index contributed by atoms with van der Waals surface area (Å²) in [5, 5.41) is 11.1. The Bertz CT molecular complexity index is 1240. The minimum absolute atomic E-state index is 0. The van der Waals surface area contributed by atoms with E-state index in [0.29, 0.717) is 11.1 Å². The van der Waals surface area contributed by atoms with Gasteiger partial charge < -0.3 is 24.7 Å². The van der Waals surface area contributed by atoms with Crippen molar-refractivity contribution in [2.75, 3.05) is 6.61 Å². The molecule has 4 rings (SSSR count). The van der Waals surface area contributed by atoms with Gasteiger partial charge in [0.15, 0.2) is 0 Å². The number of ether oxygens (including phenoxy) is 2. The Morgan fingerprint density at radius 1 is 1.27 bits per heavy atom. The number of aliphatic hydroxyl groups is 1. The van der Waals surface area contributed by atoms with Gasteiger partial charge in [0.05, 0.1) is 11.5 Å². The SMILES string of the molecule is CCCCCc1ccc(-c2cc3cn([C@H]4C[C@H](O)[C@@H](COC(=O)[C@@H](N)C(C)C)O4)c(=O)nc3o2)cc1.Cl. The number of esters is 1. The Morgan fingerprint density at radius 2 is 2.00 bits per heavy atom. The summed E-state index contributed by atoms with van der Waals surface area (Å²) in [5.74, 6) is -0.00235. The number of fused-ring (bicyclic) bond motifs is 1. The largest absolute Gasteiger partial charge is 0.462 e. The fourth-order valence-corrected chi connectivity index (χ4v) is 4.26. The van der Waals surface area contributed by atoms with Crippen molar-refractivity contribution >= 4 is 29.5 Å². The number of carbonyl (C=O) groups excluding carboxylic acids is 1. The van der Waals surface area contributed by atoms with Crippen LogP contribution in [0.25, 0.3) is 22.4 Å². The fraction of sp³-hybridized carbons (Fsp3) is 0.519. The molecule has 3 aromatic rings. The first-order valence-electron chi connectivity index (χ1n) is 12.6. The molecule has 0 unspecified atom stereocenters. The monoisotopic (exact) mass is 533 g/mol. The molecule has 0 spiro atoms. The Kier molecular flexibility index (Phi) is 9.89. The van der Waals surface area contributed by atoms with Gasteiger partial charge in [0, 0.05) is 18.2 Å². The van der Waals surface area contributed by atoms with Crippen molar-refractivity contribution in [2.24, 2.45) is 11.7 Å².